The van der Waals surface area contributed by atoms with Gasteiger partial charge < -0.3 is 10.5 Å². The average Bonchev–Trinajstić information content (AvgIpc) is 3.07. The molecule has 25 heavy (non-hydrogen) atoms. The minimum Gasteiger partial charge on any atom is -0.496 e. The van der Waals surface area contributed by atoms with Gasteiger partial charge in [0, 0.05) is 17.0 Å². The molecule has 3 aromatic rings. The summed E-state index contributed by atoms with van der Waals surface area (Å²) in [6, 6.07) is 13.7. The minimum absolute atomic E-state index is 0.664. The zero-order chi connectivity index (χ0) is 17.4. The second-order valence-corrected chi connectivity index (χ2v) is 6.67. The van der Waals surface area contributed by atoms with Crippen molar-refractivity contribution in [2.24, 2.45) is 5.10 Å². The fraction of sp³-hybridized carbons (Fsp3) is 0.167. The van der Waals surface area contributed by atoms with Gasteiger partial charge in [-0.25, -0.2) is 0 Å². The maximum Gasteiger partial charge on any atom is 0.212 e. The van der Waals surface area contributed by atoms with Crippen molar-refractivity contribution in [1.82, 2.24) is 14.9 Å². The van der Waals surface area contributed by atoms with Gasteiger partial charge in [0.2, 0.25) is 5.16 Å². The number of thioether (sulfide) groups is 1. The van der Waals surface area contributed by atoms with Crippen LogP contribution in [-0.4, -0.2) is 33.4 Å². The molecule has 2 N–H and O–H groups in total. The molecule has 126 valence electrons. The topological polar surface area (TPSA) is 78.3 Å². The van der Waals surface area contributed by atoms with Gasteiger partial charge in [0.25, 0.3) is 0 Å². The molecule has 0 saturated heterocycles. The first-order valence-corrected chi connectivity index (χ1v) is 8.82. The molecule has 0 saturated carbocycles. The van der Waals surface area contributed by atoms with E-state index in [9.17, 15) is 0 Å². The molecule has 0 bridgehead atoms. The number of aromatic nitrogens is 3. The van der Waals surface area contributed by atoms with Crippen LogP contribution < -0.4 is 10.5 Å². The Kier molecular flexibility index (Phi) is 3.93. The second-order valence-electron chi connectivity index (χ2n) is 5.73. The fourth-order valence-corrected chi connectivity index (χ4v) is 3.52. The van der Waals surface area contributed by atoms with E-state index in [2.05, 4.69) is 10.2 Å². The van der Waals surface area contributed by atoms with Crippen LogP contribution in [0.2, 0.25) is 0 Å². The van der Waals surface area contributed by atoms with E-state index >= 15 is 0 Å². The van der Waals surface area contributed by atoms with E-state index < -0.39 is 0 Å². The van der Waals surface area contributed by atoms with Crippen molar-refractivity contribution < 1.29 is 4.74 Å². The van der Waals surface area contributed by atoms with Gasteiger partial charge in [-0.2, -0.15) is 9.78 Å². The Balaban J connectivity index is 1.81. The van der Waals surface area contributed by atoms with E-state index in [0.717, 1.165) is 44.7 Å². The SMILES string of the molecule is COc1ccccc1-c1nnc2n1N=C(c1ccc(C)c(N)c1)CS2. The molecule has 7 heteroatoms. The average molecular weight is 351 g/mol. The highest BCUT2D eigenvalue weighted by molar-refractivity contribution is 7.99. The number of nitrogens with two attached hydrogens (primary N) is 1. The highest BCUT2D eigenvalue weighted by atomic mass is 32.2. The number of ether oxygens (including phenoxy) is 1. The van der Waals surface area contributed by atoms with Crippen molar-refractivity contribution in [1.29, 1.82) is 0 Å². The summed E-state index contributed by atoms with van der Waals surface area (Å²) in [4.78, 5) is 0. The zero-order valence-corrected chi connectivity index (χ0v) is 14.7. The molecule has 0 radical (unpaired) electrons. The molecule has 2 heterocycles. The lowest BCUT2D eigenvalue weighted by Crippen LogP contribution is -2.14. The number of anilines is 1. The molecule has 0 amide bonds. The van der Waals surface area contributed by atoms with Crippen LogP contribution in [0.5, 0.6) is 5.75 Å². The van der Waals surface area contributed by atoms with E-state index in [1.54, 1.807) is 23.5 Å². The molecular formula is C18H17N5OS. The molecular weight excluding hydrogens is 334 g/mol. The van der Waals surface area contributed by atoms with E-state index in [1.165, 1.54) is 0 Å². The Morgan fingerprint density at radius 2 is 2.00 bits per heavy atom. The number of hydrogen-bond acceptors (Lipinski definition) is 6. The van der Waals surface area contributed by atoms with Gasteiger partial charge >= 0.3 is 0 Å². The monoisotopic (exact) mass is 351 g/mol. The van der Waals surface area contributed by atoms with E-state index in [-0.39, 0.29) is 0 Å². The maximum atomic E-state index is 6.05. The molecule has 4 rings (SSSR count). The van der Waals surface area contributed by atoms with Gasteiger partial charge in [-0.1, -0.05) is 36.0 Å². The Bertz CT molecular complexity index is 979. The van der Waals surface area contributed by atoms with Gasteiger partial charge in [0.15, 0.2) is 5.82 Å². The second kappa shape index (κ2) is 6.25. The van der Waals surface area contributed by atoms with E-state index in [1.807, 2.05) is 49.4 Å². The number of aryl methyl sites for hydroxylation is 1. The fourth-order valence-electron chi connectivity index (χ4n) is 2.69. The first kappa shape index (κ1) is 15.7. The van der Waals surface area contributed by atoms with Crippen molar-refractivity contribution in [2.75, 3.05) is 18.6 Å². The third-order valence-electron chi connectivity index (χ3n) is 4.13. The summed E-state index contributed by atoms with van der Waals surface area (Å²) in [6.07, 6.45) is 0. The number of fused-ring (bicyclic) bond motifs is 1. The first-order chi connectivity index (χ1) is 12.2. The molecule has 1 aliphatic heterocycles. The summed E-state index contributed by atoms with van der Waals surface area (Å²) in [5.74, 6) is 2.13. The van der Waals surface area contributed by atoms with Crippen molar-refractivity contribution in [2.45, 2.75) is 12.1 Å². The molecule has 0 aliphatic carbocycles. The summed E-state index contributed by atoms with van der Waals surface area (Å²) < 4.78 is 7.22. The first-order valence-electron chi connectivity index (χ1n) is 7.83. The van der Waals surface area contributed by atoms with Crippen LogP contribution in [-0.2, 0) is 0 Å². The molecule has 0 spiro atoms. The van der Waals surface area contributed by atoms with Gasteiger partial charge in [-0.05, 0) is 30.7 Å². The predicted molar refractivity (Wildman–Crippen MR) is 100 cm³/mol. The van der Waals surface area contributed by atoms with Crippen LogP contribution in [0.1, 0.15) is 11.1 Å². The van der Waals surface area contributed by atoms with Crippen LogP contribution in [0.25, 0.3) is 11.4 Å². The Morgan fingerprint density at radius 1 is 1.16 bits per heavy atom. The lowest BCUT2D eigenvalue weighted by atomic mass is 10.1. The van der Waals surface area contributed by atoms with Crippen molar-refractivity contribution in [3.8, 4) is 17.1 Å². The van der Waals surface area contributed by atoms with E-state index in [0.29, 0.717) is 5.82 Å². The number of methoxy groups -OCH3 is 1. The number of nitrogen functional groups attached to an aromatic ring is 1. The molecule has 0 fully saturated rings. The highest BCUT2D eigenvalue weighted by Gasteiger charge is 2.22. The van der Waals surface area contributed by atoms with Gasteiger partial charge in [0.1, 0.15) is 5.75 Å². The number of benzene rings is 2. The van der Waals surface area contributed by atoms with Crippen LogP contribution in [0.4, 0.5) is 5.69 Å². The third kappa shape index (κ3) is 2.76. The molecule has 2 aromatic carbocycles. The number of nitrogens with zero attached hydrogens (tertiary/aromatic N) is 4. The summed E-state index contributed by atoms with van der Waals surface area (Å²) in [6.45, 7) is 1.99. The Labute approximate surface area is 149 Å². The Morgan fingerprint density at radius 3 is 2.80 bits per heavy atom. The number of hydrogen-bond donors (Lipinski definition) is 1. The minimum atomic E-state index is 0.664. The zero-order valence-electron chi connectivity index (χ0n) is 13.9. The third-order valence-corrected chi connectivity index (χ3v) is 5.06. The molecule has 0 atom stereocenters. The smallest absolute Gasteiger partial charge is 0.212 e. The molecule has 1 aromatic heterocycles. The van der Waals surface area contributed by atoms with Crippen LogP contribution in [0.3, 0.4) is 0 Å². The quantitative estimate of drug-likeness (QED) is 0.733. The standard InChI is InChI=1S/C18H17N5OS/c1-11-7-8-12(9-14(11)19)15-10-25-18-21-20-17(23(18)22-15)13-5-3-4-6-16(13)24-2/h3-9H,10,19H2,1-2H3. The van der Waals surface area contributed by atoms with E-state index in [4.69, 9.17) is 15.6 Å². The number of rotatable bonds is 3. The summed E-state index contributed by atoms with van der Waals surface area (Å²) >= 11 is 1.61. The van der Waals surface area contributed by atoms with Crippen LogP contribution >= 0.6 is 11.8 Å². The summed E-state index contributed by atoms with van der Waals surface area (Å²) in [5.41, 5.74) is 10.7. The molecule has 6 nitrogen and oxygen atoms in total. The largest absolute Gasteiger partial charge is 0.496 e. The molecule has 1 aliphatic rings. The normalized spacial score (nSPS) is 13.3. The number of para-hydroxylation sites is 1. The summed E-state index contributed by atoms with van der Waals surface area (Å²) in [5, 5.41) is 14.1. The lowest BCUT2D eigenvalue weighted by molar-refractivity contribution is 0.416. The molecule has 0 unspecified atom stereocenters. The van der Waals surface area contributed by atoms with Gasteiger partial charge in [0.05, 0.1) is 18.4 Å². The Hall–Kier alpha value is -2.80. The lowest BCUT2D eigenvalue weighted by Gasteiger charge is -2.15. The maximum absolute atomic E-state index is 6.05. The van der Waals surface area contributed by atoms with Crippen molar-refractivity contribution in [3.63, 3.8) is 0 Å². The van der Waals surface area contributed by atoms with Crippen LogP contribution in [0.15, 0.2) is 52.7 Å². The van der Waals surface area contributed by atoms with Gasteiger partial charge in [-0.15, -0.1) is 10.2 Å². The van der Waals surface area contributed by atoms with Crippen molar-refractivity contribution >= 4 is 23.2 Å². The van der Waals surface area contributed by atoms with Gasteiger partial charge in [-0.3, -0.25) is 0 Å². The van der Waals surface area contributed by atoms with Crippen molar-refractivity contribution in [3.05, 3.63) is 53.6 Å². The predicted octanol–water partition coefficient (Wildman–Crippen LogP) is 3.20. The highest BCUT2D eigenvalue weighted by Crippen LogP contribution is 2.33. The van der Waals surface area contributed by atoms with Crippen LogP contribution in [0, 0.1) is 6.92 Å². The summed E-state index contributed by atoms with van der Waals surface area (Å²) in [7, 11) is 1.64.